The van der Waals surface area contributed by atoms with Crippen molar-refractivity contribution in [3.05, 3.63) is 50.2 Å². The fourth-order valence-corrected chi connectivity index (χ4v) is 3.07. The maximum atomic E-state index is 11.8. The smallest absolute Gasteiger partial charge is 0.324 e. The Kier molecular flexibility index (Phi) is 5.02. The van der Waals surface area contributed by atoms with Crippen molar-refractivity contribution in [2.75, 3.05) is 12.4 Å². The molecule has 0 aliphatic rings. The molecule has 0 aliphatic carbocycles. The highest BCUT2D eigenvalue weighted by atomic mass is 32.1. The van der Waals surface area contributed by atoms with E-state index in [9.17, 15) is 19.7 Å². The van der Waals surface area contributed by atoms with Gasteiger partial charge in [-0.2, -0.15) is 0 Å². The third-order valence-electron chi connectivity index (χ3n) is 2.57. The third-order valence-corrected chi connectivity index (χ3v) is 4.40. The van der Waals surface area contributed by atoms with Crippen LogP contribution in [0.5, 0.6) is 0 Å². The van der Waals surface area contributed by atoms with Gasteiger partial charge in [0.05, 0.1) is 10.5 Å². The summed E-state index contributed by atoms with van der Waals surface area (Å²) in [5, 5.41) is 17.8. The maximum Gasteiger partial charge on any atom is 0.324 e. The van der Waals surface area contributed by atoms with Crippen LogP contribution in [-0.4, -0.2) is 23.8 Å². The van der Waals surface area contributed by atoms with Crippen LogP contribution >= 0.6 is 22.7 Å². The topological polar surface area (TPSA) is 101 Å². The second kappa shape index (κ2) is 6.96. The molecule has 0 aromatic carbocycles. The van der Waals surface area contributed by atoms with Crippen molar-refractivity contribution in [1.29, 1.82) is 0 Å². The molecule has 2 amide bonds. The molecule has 114 valence electrons. The molecule has 0 aliphatic heterocycles. The zero-order valence-corrected chi connectivity index (χ0v) is 13.0. The summed E-state index contributed by atoms with van der Waals surface area (Å²) >= 11 is 2.21. The molecule has 0 unspecified atom stereocenters. The fraction of sp³-hybridized carbons (Fsp3) is 0.0769. The first-order valence-corrected chi connectivity index (χ1v) is 7.73. The van der Waals surface area contributed by atoms with Gasteiger partial charge in [-0.15, -0.1) is 11.3 Å². The minimum Gasteiger partial charge on any atom is -0.355 e. The van der Waals surface area contributed by atoms with Gasteiger partial charge in [-0.25, -0.2) is 0 Å². The molecule has 7 nitrogen and oxygen atoms in total. The molecule has 22 heavy (non-hydrogen) atoms. The number of amides is 2. The second-order valence-corrected chi connectivity index (χ2v) is 6.01. The van der Waals surface area contributed by atoms with Crippen LogP contribution in [-0.2, 0) is 4.79 Å². The molecule has 0 radical (unpaired) electrons. The Hall–Kier alpha value is -2.52. The molecule has 9 heteroatoms. The van der Waals surface area contributed by atoms with Crippen molar-refractivity contribution < 1.29 is 14.5 Å². The van der Waals surface area contributed by atoms with E-state index in [0.29, 0.717) is 15.4 Å². The van der Waals surface area contributed by atoms with Gasteiger partial charge in [0, 0.05) is 24.1 Å². The number of carbonyl (C=O) groups excluding carboxylic acids is 2. The van der Waals surface area contributed by atoms with E-state index in [1.54, 1.807) is 17.5 Å². The lowest BCUT2D eigenvalue weighted by Crippen LogP contribution is -2.19. The second-order valence-electron chi connectivity index (χ2n) is 4.00. The Morgan fingerprint density at radius 2 is 2.09 bits per heavy atom. The zero-order chi connectivity index (χ0) is 16.1. The lowest BCUT2D eigenvalue weighted by atomic mass is 10.3. The molecule has 2 aromatic heterocycles. The van der Waals surface area contributed by atoms with Crippen LogP contribution in [0.2, 0.25) is 0 Å². The van der Waals surface area contributed by atoms with E-state index in [-0.39, 0.29) is 10.9 Å². The standard InChI is InChI=1S/C13H11N3O4S2/c1-14-12(18)9-6-7-21-13(9)15-10(17)4-2-8-3-5-11(22-8)16(19)20/h2-7H,1H3,(H,14,18)(H,15,17)/b4-2+. The number of hydrogen-bond donors (Lipinski definition) is 2. The molecule has 0 saturated heterocycles. The van der Waals surface area contributed by atoms with Gasteiger partial charge in [0.25, 0.3) is 5.91 Å². The van der Waals surface area contributed by atoms with Gasteiger partial charge in [-0.05, 0) is 23.6 Å². The Bertz CT molecular complexity index is 748. The number of rotatable bonds is 5. The Morgan fingerprint density at radius 3 is 2.73 bits per heavy atom. The number of thiophene rings is 2. The van der Waals surface area contributed by atoms with Gasteiger partial charge in [0.1, 0.15) is 5.00 Å². The summed E-state index contributed by atoms with van der Waals surface area (Å²) in [6, 6.07) is 4.56. The fourth-order valence-electron chi connectivity index (χ4n) is 1.56. The van der Waals surface area contributed by atoms with Crippen molar-refractivity contribution >= 4 is 50.6 Å². The van der Waals surface area contributed by atoms with Crippen LogP contribution in [0, 0.1) is 10.1 Å². The van der Waals surface area contributed by atoms with Crippen molar-refractivity contribution in [3.8, 4) is 0 Å². The van der Waals surface area contributed by atoms with Gasteiger partial charge in [-0.1, -0.05) is 11.3 Å². The number of carbonyl (C=O) groups is 2. The maximum absolute atomic E-state index is 11.8. The van der Waals surface area contributed by atoms with Crippen molar-refractivity contribution in [2.24, 2.45) is 0 Å². The monoisotopic (exact) mass is 337 g/mol. The number of nitrogens with one attached hydrogen (secondary N) is 2. The van der Waals surface area contributed by atoms with E-state index < -0.39 is 10.8 Å². The highest BCUT2D eigenvalue weighted by Gasteiger charge is 2.13. The Morgan fingerprint density at radius 1 is 1.32 bits per heavy atom. The molecule has 2 aromatic rings. The van der Waals surface area contributed by atoms with E-state index in [4.69, 9.17) is 0 Å². The normalized spacial score (nSPS) is 10.6. The van der Waals surface area contributed by atoms with Crippen molar-refractivity contribution in [3.63, 3.8) is 0 Å². The predicted octanol–water partition coefficient (Wildman–Crippen LogP) is 2.73. The quantitative estimate of drug-likeness (QED) is 0.497. The first-order chi connectivity index (χ1) is 10.5. The minimum atomic E-state index is -0.483. The molecule has 0 spiro atoms. The number of anilines is 1. The van der Waals surface area contributed by atoms with E-state index in [2.05, 4.69) is 10.6 Å². The van der Waals surface area contributed by atoms with Crippen LogP contribution in [0.1, 0.15) is 15.2 Å². The molecular formula is C13H11N3O4S2. The van der Waals surface area contributed by atoms with E-state index in [0.717, 1.165) is 11.3 Å². The van der Waals surface area contributed by atoms with Crippen LogP contribution in [0.15, 0.2) is 29.7 Å². The van der Waals surface area contributed by atoms with E-state index in [1.165, 1.54) is 36.6 Å². The lowest BCUT2D eigenvalue weighted by Gasteiger charge is -2.02. The Balaban J connectivity index is 2.03. The lowest BCUT2D eigenvalue weighted by molar-refractivity contribution is -0.380. The van der Waals surface area contributed by atoms with Crippen LogP contribution in [0.25, 0.3) is 6.08 Å². The molecule has 2 N–H and O–H groups in total. The van der Waals surface area contributed by atoms with Crippen molar-refractivity contribution in [2.45, 2.75) is 0 Å². The van der Waals surface area contributed by atoms with Gasteiger partial charge in [-0.3, -0.25) is 19.7 Å². The summed E-state index contributed by atoms with van der Waals surface area (Å²) < 4.78 is 0. The third kappa shape index (κ3) is 3.77. The summed E-state index contributed by atoms with van der Waals surface area (Å²) in [5.41, 5.74) is 0.390. The number of nitrogens with zero attached hydrogens (tertiary/aromatic N) is 1. The summed E-state index contributed by atoms with van der Waals surface area (Å²) in [5.74, 6) is -0.696. The zero-order valence-electron chi connectivity index (χ0n) is 11.4. The van der Waals surface area contributed by atoms with Gasteiger partial charge >= 0.3 is 5.00 Å². The first kappa shape index (κ1) is 15.9. The molecular weight excluding hydrogens is 326 g/mol. The van der Waals surface area contributed by atoms with Crippen LogP contribution < -0.4 is 10.6 Å². The summed E-state index contributed by atoms with van der Waals surface area (Å²) in [4.78, 5) is 34.1. The number of nitro groups is 1. The summed E-state index contributed by atoms with van der Waals surface area (Å²) in [6.45, 7) is 0. The molecule has 2 heterocycles. The molecule has 0 atom stereocenters. The van der Waals surface area contributed by atoms with Crippen LogP contribution in [0.3, 0.4) is 0 Å². The SMILES string of the molecule is CNC(=O)c1ccsc1NC(=O)/C=C/c1ccc([N+](=O)[O-])s1. The average Bonchev–Trinajstić information content (AvgIpc) is 3.13. The predicted molar refractivity (Wildman–Crippen MR) is 86.3 cm³/mol. The molecule has 0 fully saturated rings. The van der Waals surface area contributed by atoms with E-state index in [1.807, 2.05) is 0 Å². The highest BCUT2D eigenvalue weighted by molar-refractivity contribution is 7.16. The highest BCUT2D eigenvalue weighted by Crippen LogP contribution is 2.25. The van der Waals surface area contributed by atoms with Crippen LogP contribution in [0.4, 0.5) is 10.0 Å². The molecule has 0 bridgehead atoms. The van der Waals surface area contributed by atoms with Crippen molar-refractivity contribution in [1.82, 2.24) is 5.32 Å². The minimum absolute atomic E-state index is 0.0141. The van der Waals surface area contributed by atoms with Gasteiger partial charge < -0.3 is 10.6 Å². The van der Waals surface area contributed by atoms with E-state index >= 15 is 0 Å². The molecule has 0 saturated carbocycles. The van der Waals surface area contributed by atoms with Gasteiger partial charge in [0.2, 0.25) is 5.91 Å². The average molecular weight is 337 g/mol. The first-order valence-electron chi connectivity index (χ1n) is 6.04. The van der Waals surface area contributed by atoms with Gasteiger partial charge in [0.15, 0.2) is 0 Å². The summed E-state index contributed by atoms with van der Waals surface area (Å²) in [7, 11) is 1.51. The Labute approximate surface area is 133 Å². The molecule has 2 rings (SSSR count). The summed E-state index contributed by atoms with van der Waals surface area (Å²) in [6.07, 6.45) is 2.75. The largest absolute Gasteiger partial charge is 0.355 e. The number of hydrogen-bond acceptors (Lipinski definition) is 6.